The van der Waals surface area contributed by atoms with Crippen LogP contribution in [0.1, 0.15) is 32.6 Å². The van der Waals surface area contributed by atoms with Gasteiger partial charge in [0.15, 0.2) is 0 Å². The Morgan fingerprint density at radius 2 is 1.35 bits per heavy atom. The monoisotopic (exact) mass is 480 g/mol. The molecule has 0 aromatic rings. The number of hydrogen-bond donors (Lipinski definition) is 6. The third-order valence-electron chi connectivity index (χ3n) is 4.23. The number of rotatable bonds is 16. The summed E-state index contributed by atoms with van der Waals surface area (Å²) in [5.41, 5.74) is 5.84. The van der Waals surface area contributed by atoms with Gasteiger partial charge in [0.25, 0.3) is 0 Å². The Bertz CT molecular complexity index is 636. The van der Waals surface area contributed by atoms with Crippen LogP contribution in [-0.4, -0.2) is 88.1 Å². The van der Waals surface area contributed by atoms with Crippen LogP contribution in [0.25, 0.3) is 0 Å². The summed E-state index contributed by atoms with van der Waals surface area (Å²) in [6.07, 6.45) is 3.78. The van der Waals surface area contributed by atoms with Crippen molar-refractivity contribution in [3.63, 3.8) is 0 Å². The van der Waals surface area contributed by atoms with Crippen LogP contribution in [0.3, 0.4) is 0 Å². The van der Waals surface area contributed by atoms with E-state index in [1.54, 1.807) is 11.8 Å². The van der Waals surface area contributed by atoms with Crippen molar-refractivity contribution in [3.8, 4) is 0 Å². The molecule has 0 heterocycles. The van der Waals surface area contributed by atoms with Crippen LogP contribution >= 0.6 is 23.5 Å². The molecule has 4 unspecified atom stereocenters. The summed E-state index contributed by atoms with van der Waals surface area (Å²) in [6, 6.07) is -4.16. The van der Waals surface area contributed by atoms with Crippen molar-refractivity contribution in [2.75, 3.05) is 24.0 Å². The number of carboxylic acid groups (broad SMARTS) is 2. The molecule has 178 valence electrons. The summed E-state index contributed by atoms with van der Waals surface area (Å²) in [5.74, 6) is -3.14. The Hall–Kier alpha value is -1.99. The van der Waals surface area contributed by atoms with Gasteiger partial charge in [-0.3, -0.25) is 19.2 Å². The van der Waals surface area contributed by atoms with Gasteiger partial charge in [0.1, 0.15) is 18.1 Å². The Kier molecular flexibility index (Phi) is 14.7. The smallest absolute Gasteiger partial charge is 0.326 e. The molecule has 13 heteroatoms. The lowest BCUT2D eigenvalue weighted by Gasteiger charge is -2.23. The second-order valence-electron chi connectivity index (χ2n) is 6.79. The third kappa shape index (κ3) is 12.5. The Labute approximate surface area is 190 Å². The van der Waals surface area contributed by atoms with Crippen molar-refractivity contribution >= 4 is 53.2 Å². The lowest BCUT2D eigenvalue weighted by atomic mass is 10.1. The van der Waals surface area contributed by atoms with E-state index in [9.17, 15) is 24.0 Å². The van der Waals surface area contributed by atoms with E-state index in [1.807, 2.05) is 12.5 Å². The second-order valence-corrected chi connectivity index (χ2v) is 8.76. The highest BCUT2D eigenvalue weighted by molar-refractivity contribution is 7.98. The minimum atomic E-state index is -1.40. The highest BCUT2D eigenvalue weighted by Gasteiger charge is 2.28. The zero-order chi connectivity index (χ0) is 24.0. The van der Waals surface area contributed by atoms with Crippen LogP contribution in [0.5, 0.6) is 0 Å². The van der Waals surface area contributed by atoms with Gasteiger partial charge in [-0.05, 0) is 50.2 Å². The molecule has 0 spiro atoms. The molecule has 0 saturated carbocycles. The van der Waals surface area contributed by atoms with Gasteiger partial charge < -0.3 is 31.9 Å². The fraction of sp³-hybridized carbons (Fsp3) is 0.722. The maximum Gasteiger partial charge on any atom is 0.326 e. The average molecular weight is 481 g/mol. The first-order valence-electron chi connectivity index (χ1n) is 9.62. The van der Waals surface area contributed by atoms with Crippen LogP contribution in [0.15, 0.2) is 0 Å². The Morgan fingerprint density at radius 1 is 0.806 bits per heavy atom. The third-order valence-corrected chi connectivity index (χ3v) is 5.51. The van der Waals surface area contributed by atoms with Crippen molar-refractivity contribution in [2.24, 2.45) is 5.73 Å². The number of carboxylic acids is 2. The zero-order valence-corrected chi connectivity index (χ0v) is 19.5. The van der Waals surface area contributed by atoms with Crippen molar-refractivity contribution in [2.45, 2.75) is 56.8 Å². The minimum absolute atomic E-state index is 0.294. The topological polar surface area (TPSA) is 188 Å². The summed E-state index contributed by atoms with van der Waals surface area (Å²) < 4.78 is 0. The highest BCUT2D eigenvalue weighted by atomic mass is 32.2. The quantitative estimate of drug-likeness (QED) is 0.164. The van der Waals surface area contributed by atoms with E-state index in [1.165, 1.54) is 18.7 Å². The molecule has 3 amide bonds. The van der Waals surface area contributed by atoms with Gasteiger partial charge in [0, 0.05) is 6.42 Å². The summed E-state index contributed by atoms with van der Waals surface area (Å²) >= 11 is 3.03. The first kappa shape index (κ1) is 29.0. The van der Waals surface area contributed by atoms with E-state index in [-0.39, 0.29) is 6.42 Å². The maximum absolute atomic E-state index is 12.6. The summed E-state index contributed by atoms with van der Waals surface area (Å²) in [6.45, 7) is 1.36. The molecule has 0 fully saturated rings. The predicted molar refractivity (Wildman–Crippen MR) is 120 cm³/mol. The molecule has 31 heavy (non-hydrogen) atoms. The molecular weight excluding hydrogens is 448 g/mol. The van der Waals surface area contributed by atoms with E-state index in [2.05, 4.69) is 16.0 Å². The van der Waals surface area contributed by atoms with Gasteiger partial charge in [0.05, 0.1) is 6.04 Å². The molecule has 0 aliphatic carbocycles. The van der Waals surface area contributed by atoms with Gasteiger partial charge in [-0.2, -0.15) is 23.5 Å². The fourth-order valence-corrected chi connectivity index (χ4v) is 3.32. The van der Waals surface area contributed by atoms with Crippen molar-refractivity contribution in [1.29, 1.82) is 0 Å². The molecule has 0 bridgehead atoms. The first-order valence-corrected chi connectivity index (χ1v) is 12.4. The number of hydrogen-bond acceptors (Lipinski definition) is 8. The first-order chi connectivity index (χ1) is 14.5. The lowest BCUT2D eigenvalue weighted by Crippen LogP contribution is -2.56. The van der Waals surface area contributed by atoms with Crippen molar-refractivity contribution in [1.82, 2.24) is 16.0 Å². The number of amides is 3. The largest absolute Gasteiger partial charge is 0.481 e. The van der Waals surface area contributed by atoms with E-state index in [4.69, 9.17) is 15.9 Å². The summed E-state index contributed by atoms with van der Waals surface area (Å²) in [5, 5.41) is 25.1. The maximum atomic E-state index is 12.6. The minimum Gasteiger partial charge on any atom is -0.481 e. The van der Waals surface area contributed by atoms with Crippen LogP contribution in [0.4, 0.5) is 0 Å². The molecule has 0 aromatic heterocycles. The molecule has 0 aliphatic heterocycles. The lowest BCUT2D eigenvalue weighted by molar-refractivity contribution is -0.143. The van der Waals surface area contributed by atoms with Crippen LogP contribution in [-0.2, 0) is 24.0 Å². The molecular formula is C18H32N4O7S2. The van der Waals surface area contributed by atoms with Crippen molar-refractivity contribution < 1.29 is 34.2 Å². The standard InChI is InChI=1S/C18H32N4O7S2/c1-10(15(25)22-13(18(28)29)4-5-14(23)24)20-17(27)12(7-9-31-3)21-16(26)11(19)6-8-30-2/h10-13H,4-9,19H2,1-3H3,(H,20,27)(H,21,26)(H,22,25)(H,23,24)(H,28,29). The van der Waals surface area contributed by atoms with Gasteiger partial charge >= 0.3 is 11.9 Å². The number of nitrogens with one attached hydrogen (secondary N) is 3. The van der Waals surface area contributed by atoms with E-state index >= 15 is 0 Å². The highest BCUT2D eigenvalue weighted by Crippen LogP contribution is 2.05. The van der Waals surface area contributed by atoms with E-state index < -0.39 is 60.2 Å². The Morgan fingerprint density at radius 3 is 1.87 bits per heavy atom. The fourth-order valence-electron chi connectivity index (χ4n) is 2.36. The summed E-state index contributed by atoms with van der Waals surface area (Å²) in [7, 11) is 0. The van der Waals surface area contributed by atoms with Crippen molar-refractivity contribution in [3.05, 3.63) is 0 Å². The van der Waals surface area contributed by atoms with Crippen LogP contribution < -0.4 is 21.7 Å². The second kappa shape index (κ2) is 15.8. The molecule has 11 nitrogen and oxygen atoms in total. The molecule has 0 saturated heterocycles. The molecule has 0 aliphatic rings. The van der Waals surface area contributed by atoms with Gasteiger partial charge in [-0.25, -0.2) is 4.79 Å². The number of carbonyl (C=O) groups is 5. The van der Waals surface area contributed by atoms with Crippen LogP contribution in [0, 0.1) is 0 Å². The molecule has 0 radical (unpaired) electrons. The van der Waals surface area contributed by atoms with Gasteiger partial charge in [0.2, 0.25) is 17.7 Å². The molecule has 0 rings (SSSR count). The SMILES string of the molecule is CSCCC(N)C(=O)NC(CCSC)C(=O)NC(C)C(=O)NC(CCC(=O)O)C(=O)O. The van der Waals surface area contributed by atoms with Crippen LogP contribution in [0.2, 0.25) is 0 Å². The molecule has 4 atom stereocenters. The number of carbonyl (C=O) groups excluding carboxylic acids is 3. The molecule has 0 aromatic carbocycles. The van der Waals surface area contributed by atoms with Gasteiger partial charge in [-0.1, -0.05) is 0 Å². The average Bonchev–Trinajstić information content (AvgIpc) is 2.71. The van der Waals surface area contributed by atoms with Gasteiger partial charge in [-0.15, -0.1) is 0 Å². The number of thioether (sulfide) groups is 2. The molecule has 7 N–H and O–H groups in total. The summed E-state index contributed by atoms with van der Waals surface area (Å²) in [4.78, 5) is 59.0. The number of nitrogens with two attached hydrogens (primary N) is 1. The zero-order valence-electron chi connectivity index (χ0n) is 17.9. The van der Waals surface area contributed by atoms with E-state index in [0.29, 0.717) is 24.3 Å². The normalized spacial score (nSPS) is 14.6. The Balaban J connectivity index is 4.97. The van der Waals surface area contributed by atoms with E-state index in [0.717, 1.165) is 0 Å². The predicted octanol–water partition coefficient (Wildman–Crippen LogP) is -0.756. The number of aliphatic carboxylic acids is 2.